The molecule has 3 aromatic rings. The van der Waals surface area contributed by atoms with Gasteiger partial charge in [0.25, 0.3) is 0 Å². The van der Waals surface area contributed by atoms with Crippen molar-refractivity contribution in [2.45, 2.75) is 32.8 Å². The molecule has 0 saturated carbocycles. The number of ether oxygens (including phenoxy) is 3. The molecule has 1 aliphatic heterocycles. The van der Waals surface area contributed by atoms with Crippen LogP contribution in [0.15, 0.2) is 54.7 Å². The molecular formula is C23H23F3N2O3. The maximum absolute atomic E-state index is 12.5. The van der Waals surface area contributed by atoms with E-state index in [4.69, 9.17) is 9.47 Å². The molecule has 0 bridgehead atoms. The minimum Gasteiger partial charge on any atom is -0.490 e. The van der Waals surface area contributed by atoms with Crippen LogP contribution < -0.4 is 19.5 Å². The van der Waals surface area contributed by atoms with E-state index < -0.39 is 6.36 Å². The van der Waals surface area contributed by atoms with Gasteiger partial charge in [0.05, 0.1) is 24.9 Å². The molecule has 5 nitrogen and oxygen atoms in total. The van der Waals surface area contributed by atoms with E-state index in [1.807, 2.05) is 44.3 Å². The number of fused-ring (bicyclic) bond motifs is 3. The van der Waals surface area contributed by atoms with Crippen molar-refractivity contribution in [1.82, 2.24) is 9.88 Å². The van der Waals surface area contributed by atoms with Crippen LogP contribution in [0.2, 0.25) is 0 Å². The maximum atomic E-state index is 12.5. The van der Waals surface area contributed by atoms with E-state index in [0.29, 0.717) is 31.3 Å². The van der Waals surface area contributed by atoms with E-state index in [1.54, 1.807) is 12.1 Å². The number of nitrogens with zero attached hydrogens (tertiary/aromatic N) is 1. The Hall–Kier alpha value is -3.13. The molecule has 2 aromatic carbocycles. The van der Waals surface area contributed by atoms with Crippen LogP contribution in [-0.2, 0) is 6.54 Å². The van der Waals surface area contributed by atoms with Gasteiger partial charge in [-0.25, -0.2) is 0 Å². The number of benzene rings is 2. The zero-order valence-electron chi connectivity index (χ0n) is 17.2. The zero-order valence-corrected chi connectivity index (χ0v) is 17.2. The van der Waals surface area contributed by atoms with Crippen molar-refractivity contribution in [3.05, 3.63) is 71.5 Å². The standard InChI is InChI=1S/C23H23F3N2O3/c1-3-29-20-12-16-14-27-22(15-7-9-17(10-8-15)31-23(24,25)26)18-6-5-11-28(18)19(16)13-21(20)30-4-2/h5-13,22,27H,3-4,14H2,1-2H3. The quantitative estimate of drug-likeness (QED) is 0.569. The van der Waals surface area contributed by atoms with Gasteiger partial charge in [0.15, 0.2) is 11.5 Å². The predicted molar refractivity (Wildman–Crippen MR) is 110 cm³/mol. The third-order valence-corrected chi connectivity index (χ3v) is 5.02. The van der Waals surface area contributed by atoms with Crippen LogP contribution in [-0.4, -0.2) is 24.1 Å². The fourth-order valence-electron chi connectivity index (χ4n) is 3.81. The van der Waals surface area contributed by atoms with Gasteiger partial charge in [-0.05, 0) is 55.3 Å². The second-order valence-corrected chi connectivity index (χ2v) is 7.03. The van der Waals surface area contributed by atoms with Crippen molar-refractivity contribution in [2.75, 3.05) is 13.2 Å². The van der Waals surface area contributed by atoms with E-state index in [9.17, 15) is 13.2 Å². The molecule has 0 saturated heterocycles. The molecule has 1 atom stereocenters. The first-order valence-electron chi connectivity index (χ1n) is 10.1. The molecule has 4 rings (SSSR count). The summed E-state index contributed by atoms with van der Waals surface area (Å²) in [6.45, 7) is 5.44. The van der Waals surface area contributed by atoms with Crippen LogP contribution in [0.3, 0.4) is 0 Å². The van der Waals surface area contributed by atoms with E-state index in [2.05, 4.69) is 14.6 Å². The van der Waals surface area contributed by atoms with Crippen molar-refractivity contribution in [3.63, 3.8) is 0 Å². The average Bonchev–Trinajstić information content (AvgIpc) is 3.14. The van der Waals surface area contributed by atoms with E-state index in [1.165, 1.54) is 12.1 Å². The Bertz CT molecular complexity index is 1050. The second-order valence-electron chi connectivity index (χ2n) is 7.03. The Balaban J connectivity index is 1.70. The summed E-state index contributed by atoms with van der Waals surface area (Å²) in [4.78, 5) is 0. The van der Waals surface area contributed by atoms with Gasteiger partial charge in [0.1, 0.15) is 5.75 Å². The van der Waals surface area contributed by atoms with Crippen LogP contribution >= 0.6 is 0 Å². The molecule has 8 heteroatoms. The number of nitrogens with one attached hydrogen (secondary N) is 1. The lowest BCUT2D eigenvalue weighted by Gasteiger charge is -2.19. The first kappa shape index (κ1) is 21.1. The highest BCUT2D eigenvalue weighted by atomic mass is 19.4. The first-order chi connectivity index (χ1) is 14.9. The fraction of sp³-hybridized carbons (Fsp3) is 0.304. The van der Waals surface area contributed by atoms with Gasteiger partial charge >= 0.3 is 6.36 Å². The Kier molecular flexibility index (Phi) is 5.82. The molecule has 0 amide bonds. The SMILES string of the molecule is CCOc1cc2c(cc1OCC)-n1cccc1C(c1ccc(OC(F)(F)F)cc1)NC2. The van der Waals surface area contributed by atoms with Gasteiger partial charge < -0.3 is 24.1 Å². The number of hydrogen-bond donors (Lipinski definition) is 1. The minimum atomic E-state index is -4.71. The number of alkyl halides is 3. The van der Waals surface area contributed by atoms with Crippen LogP contribution in [0.25, 0.3) is 5.69 Å². The zero-order chi connectivity index (χ0) is 22.0. The van der Waals surface area contributed by atoms with Crippen LogP contribution in [0.4, 0.5) is 13.2 Å². The van der Waals surface area contributed by atoms with E-state index >= 15 is 0 Å². The lowest BCUT2D eigenvalue weighted by atomic mass is 10.0. The topological polar surface area (TPSA) is 44.7 Å². The monoisotopic (exact) mass is 432 g/mol. The number of rotatable bonds is 6. The molecule has 0 fully saturated rings. The number of hydrogen-bond acceptors (Lipinski definition) is 4. The fourth-order valence-corrected chi connectivity index (χ4v) is 3.81. The first-order valence-corrected chi connectivity index (χ1v) is 10.1. The normalized spacial score (nSPS) is 15.6. The highest BCUT2D eigenvalue weighted by Gasteiger charge is 2.31. The van der Waals surface area contributed by atoms with Gasteiger partial charge in [-0.1, -0.05) is 12.1 Å². The van der Waals surface area contributed by atoms with Crippen molar-refractivity contribution < 1.29 is 27.4 Å². The third-order valence-electron chi connectivity index (χ3n) is 5.02. The molecule has 1 unspecified atom stereocenters. The Morgan fingerprint density at radius 2 is 1.68 bits per heavy atom. The van der Waals surface area contributed by atoms with E-state index in [-0.39, 0.29) is 11.8 Å². The summed E-state index contributed by atoms with van der Waals surface area (Å²) < 4.78 is 55.0. The van der Waals surface area contributed by atoms with Crippen molar-refractivity contribution in [3.8, 4) is 22.9 Å². The minimum absolute atomic E-state index is 0.214. The van der Waals surface area contributed by atoms with Gasteiger partial charge in [0.2, 0.25) is 0 Å². The summed E-state index contributed by atoms with van der Waals surface area (Å²) in [5.41, 5.74) is 3.80. The van der Waals surface area contributed by atoms with Crippen molar-refractivity contribution in [2.24, 2.45) is 0 Å². The lowest BCUT2D eigenvalue weighted by Crippen LogP contribution is -2.21. The molecule has 0 spiro atoms. The molecule has 164 valence electrons. The number of halogens is 3. The molecule has 31 heavy (non-hydrogen) atoms. The Morgan fingerprint density at radius 1 is 1.00 bits per heavy atom. The van der Waals surface area contributed by atoms with Crippen LogP contribution in [0, 0.1) is 0 Å². The summed E-state index contributed by atoms with van der Waals surface area (Å²) in [6, 6.07) is 13.6. The molecular weight excluding hydrogens is 409 g/mol. The molecule has 0 radical (unpaired) electrons. The smallest absolute Gasteiger partial charge is 0.490 e. The van der Waals surface area contributed by atoms with Gasteiger partial charge in [-0.15, -0.1) is 13.2 Å². The summed E-state index contributed by atoms with van der Waals surface area (Å²) in [7, 11) is 0. The lowest BCUT2D eigenvalue weighted by molar-refractivity contribution is -0.274. The number of aromatic nitrogens is 1. The maximum Gasteiger partial charge on any atom is 0.573 e. The summed E-state index contributed by atoms with van der Waals surface area (Å²) in [5, 5.41) is 3.50. The predicted octanol–water partition coefficient (Wildman–Crippen LogP) is 5.37. The van der Waals surface area contributed by atoms with Crippen LogP contribution in [0.5, 0.6) is 17.2 Å². The van der Waals surface area contributed by atoms with E-state index in [0.717, 1.165) is 22.5 Å². The summed E-state index contributed by atoms with van der Waals surface area (Å²) >= 11 is 0. The van der Waals surface area contributed by atoms with Gasteiger partial charge in [-0.3, -0.25) is 0 Å². The van der Waals surface area contributed by atoms with Crippen LogP contribution in [0.1, 0.15) is 36.7 Å². The third kappa shape index (κ3) is 4.49. The molecule has 1 aromatic heterocycles. The largest absolute Gasteiger partial charge is 0.573 e. The average molecular weight is 432 g/mol. The van der Waals surface area contributed by atoms with Gasteiger partial charge in [0, 0.05) is 24.5 Å². The highest BCUT2D eigenvalue weighted by Crippen LogP contribution is 2.37. The summed E-state index contributed by atoms with van der Waals surface area (Å²) in [6.07, 6.45) is -2.75. The Labute approximate surface area is 178 Å². The van der Waals surface area contributed by atoms with Crippen molar-refractivity contribution in [1.29, 1.82) is 0 Å². The molecule has 0 aliphatic carbocycles. The molecule has 1 aliphatic rings. The molecule has 1 N–H and O–H groups in total. The summed E-state index contributed by atoms with van der Waals surface area (Å²) in [5.74, 6) is 1.12. The highest BCUT2D eigenvalue weighted by molar-refractivity contribution is 5.56. The molecule has 2 heterocycles. The van der Waals surface area contributed by atoms with Crippen molar-refractivity contribution >= 4 is 0 Å². The Morgan fingerprint density at radius 3 is 2.32 bits per heavy atom. The van der Waals surface area contributed by atoms with Gasteiger partial charge in [-0.2, -0.15) is 0 Å². The second kappa shape index (κ2) is 8.55.